The molecule has 1 aliphatic carbocycles. The van der Waals surface area contributed by atoms with E-state index in [9.17, 15) is 9.59 Å². The molecule has 39 heavy (non-hydrogen) atoms. The van der Waals surface area contributed by atoms with Crippen molar-refractivity contribution in [2.45, 2.75) is 38.6 Å². The second kappa shape index (κ2) is 11.9. The number of hydrogen-bond donors (Lipinski definition) is 1. The minimum absolute atomic E-state index is 0.239. The van der Waals surface area contributed by atoms with Gasteiger partial charge in [-0.3, -0.25) is 18.9 Å². The zero-order chi connectivity index (χ0) is 27.9. The quantitative estimate of drug-likeness (QED) is 0.281. The number of aromatic nitrogens is 6. The molecule has 1 aliphatic rings. The van der Waals surface area contributed by atoms with Gasteiger partial charge in [-0.05, 0) is 54.5 Å². The number of rotatable bonds is 3. The Balaban J connectivity index is 0.000000226. The Kier molecular flexibility index (Phi) is 8.18. The van der Waals surface area contributed by atoms with Gasteiger partial charge in [-0.25, -0.2) is 14.8 Å². The fourth-order valence-corrected chi connectivity index (χ4v) is 4.63. The maximum Gasteiger partial charge on any atom is 0.328 e. The number of methoxy groups -OCH3 is 1. The molecular weight excluding hydrogens is 494 g/mol. The van der Waals surface area contributed by atoms with Gasteiger partial charge < -0.3 is 4.74 Å². The van der Waals surface area contributed by atoms with Crippen LogP contribution in [0.15, 0.2) is 59.8 Å². The molecule has 3 heterocycles. The molecule has 6 rings (SSSR count). The number of aryl methyl sites for hydroxylation is 1. The summed E-state index contributed by atoms with van der Waals surface area (Å²) >= 11 is 0. The van der Waals surface area contributed by atoms with Crippen LogP contribution in [0, 0.1) is 24.2 Å². The molecule has 0 bridgehead atoms. The number of esters is 1. The Hall–Kier alpha value is -5.22. The molecule has 0 spiro atoms. The van der Waals surface area contributed by atoms with Gasteiger partial charge in [0.2, 0.25) is 5.95 Å². The number of imidazole rings is 2. The van der Waals surface area contributed by atoms with Crippen LogP contribution in [-0.2, 0) is 22.5 Å². The largest absolute Gasteiger partial charge is 0.468 e. The van der Waals surface area contributed by atoms with Gasteiger partial charge >= 0.3 is 11.7 Å². The molecular formula is C29H27N7O3. The summed E-state index contributed by atoms with van der Waals surface area (Å²) < 4.78 is 7.40. The summed E-state index contributed by atoms with van der Waals surface area (Å²) in [7, 11) is 1.25. The Bertz CT molecular complexity index is 1750. The highest BCUT2D eigenvalue weighted by atomic mass is 16.5. The smallest absolute Gasteiger partial charge is 0.328 e. The van der Waals surface area contributed by atoms with E-state index in [-0.39, 0.29) is 18.1 Å². The molecule has 0 fully saturated rings. The molecule has 0 unspecified atom stereocenters. The number of terminal acetylenes is 1. The van der Waals surface area contributed by atoms with E-state index in [1.165, 1.54) is 43.5 Å². The Labute approximate surface area is 224 Å². The first-order valence-corrected chi connectivity index (χ1v) is 12.3. The fraction of sp³-hybridized carbons (Fsp3) is 0.241. The zero-order valence-electron chi connectivity index (χ0n) is 21.7. The number of nitrogens with zero attached hydrogens (tertiary/aromatic N) is 6. The van der Waals surface area contributed by atoms with Crippen LogP contribution in [0.25, 0.3) is 28.1 Å². The maximum absolute atomic E-state index is 12.1. The van der Waals surface area contributed by atoms with Gasteiger partial charge in [-0.15, -0.1) is 12.8 Å². The van der Waals surface area contributed by atoms with Crippen molar-refractivity contribution in [3.63, 3.8) is 0 Å². The van der Waals surface area contributed by atoms with Crippen LogP contribution in [0.4, 0.5) is 0 Å². The zero-order valence-corrected chi connectivity index (χ0v) is 21.7. The molecule has 2 aromatic carbocycles. The van der Waals surface area contributed by atoms with E-state index in [4.69, 9.17) is 5.26 Å². The lowest BCUT2D eigenvalue weighted by molar-refractivity contribution is -0.141. The summed E-state index contributed by atoms with van der Waals surface area (Å²) in [4.78, 5) is 39.0. The number of hydrogen-bond acceptors (Lipinski definition) is 7. The number of carbonyl (C=O) groups is 1. The Morgan fingerprint density at radius 2 is 2.00 bits per heavy atom. The minimum Gasteiger partial charge on any atom is -0.468 e. The Morgan fingerprint density at radius 1 is 1.21 bits per heavy atom. The number of ether oxygens (including phenoxy) is 1. The van der Waals surface area contributed by atoms with Crippen molar-refractivity contribution in [1.29, 1.82) is 5.26 Å². The first-order chi connectivity index (χ1) is 19.0. The normalized spacial score (nSPS) is 13.8. The standard InChI is InChI=1S/C16H11N7O3.C11H14.C2H2/c1-26-13(24)7-22-12-6-18-15(20-14(12)21-16(22)25)23-8-19-10-3-2-9(5-17)4-11(10)23;1-9-5-4-7-10-6-2-3-8-11(9)10;1-2/h2-4,6,8H,7H2,1H3,(H,18,20,21,25);2-3,6,8-9H,4-5,7H2,1H3;1-2H/t;9-;/m.1./s1. The van der Waals surface area contributed by atoms with E-state index in [1.807, 2.05) is 0 Å². The van der Waals surface area contributed by atoms with E-state index >= 15 is 0 Å². The highest BCUT2D eigenvalue weighted by molar-refractivity contribution is 5.79. The van der Waals surface area contributed by atoms with E-state index in [1.54, 1.807) is 33.9 Å². The molecule has 5 aromatic rings. The van der Waals surface area contributed by atoms with Crippen LogP contribution in [0.3, 0.4) is 0 Å². The predicted molar refractivity (Wildman–Crippen MR) is 147 cm³/mol. The van der Waals surface area contributed by atoms with Crippen LogP contribution in [0.5, 0.6) is 0 Å². The van der Waals surface area contributed by atoms with Crippen molar-refractivity contribution in [3.05, 3.63) is 82.2 Å². The van der Waals surface area contributed by atoms with Gasteiger partial charge in [-0.2, -0.15) is 10.2 Å². The van der Waals surface area contributed by atoms with E-state index in [2.05, 4.69) is 74.8 Å². The van der Waals surface area contributed by atoms with Gasteiger partial charge in [0.25, 0.3) is 0 Å². The molecule has 0 saturated carbocycles. The van der Waals surface area contributed by atoms with Crippen molar-refractivity contribution >= 4 is 28.2 Å². The maximum atomic E-state index is 12.1. The molecule has 10 heteroatoms. The number of benzene rings is 2. The SMILES string of the molecule is C#C.COC(=O)Cn1c(=O)[nH]c2nc(-n3cnc4ccc(C#N)cc43)ncc21.C[C@@H]1CCCc2ccccc21. The molecule has 0 amide bonds. The highest BCUT2D eigenvalue weighted by Crippen LogP contribution is 2.30. The lowest BCUT2D eigenvalue weighted by Gasteiger charge is -2.21. The molecule has 196 valence electrons. The molecule has 1 atom stereocenters. The number of aromatic amines is 1. The third-order valence-corrected chi connectivity index (χ3v) is 6.59. The monoisotopic (exact) mass is 521 g/mol. The molecule has 0 radical (unpaired) electrons. The fourth-order valence-electron chi connectivity index (χ4n) is 4.63. The number of nitrogens with one attached hydrogen (secondary N) is 1. The van der Waals surface area contributed by atoms with E-state index < -0.39 is 11.7 Å². The third kappa shape index (κ3) is 5.55. The molecule has 0 aliphatic heterocycles. The van der Waals surface area contributed by atoms with Crippen LogP contribution >= 0.6 is 0 Å². The predicted octanol–water partition coefficient (Wildman–Crippen LogP) is 3.88. The summed E-state index contributed by atoms with van der Waals surface area (Å²) in [5, 5.41) is 9.07. The van der Waals surface area contributed by atoms with Gasteiger partial charge in [0.05, 0.1) is 36.0 Å². The van der Waals surface area contributed by atoms with Gasteiger partial charge in [0, 0.05) is 0 Å². The summed E-state index contributed by atoms with van der Waals surface area (Å²) in [6.45, 7) is 2.09. The summed E-state index contributed by atoms with van der Waals surface area (Å²) in [5.41, 5.74) is 5.17. The van der Waals surface area contributed by atoms with E-state index in [0.717, 1.165) is 5.92 Å². The Morgan fingerprint density at radius 3 is 2.74 bits per heavy atom. The lowest BCUT2D eigenvalue weighted by atomic mass is 9.84. The van der Waals surface area contributed by atoms with Gasteiger partial charge in [0.1, 0.15) is 18.4 Å². The molecule has 10 nitrogen and oxygen atoms in total. The van der Waals surface area contributed by atoms with Gasteiger partial charge in [-0.1, -0.05) is 31.2 Å². The minimum atomic E-state index is -0.554. The van der Waals surface area contributed by atoms with Crippen molar-refractivity contribution in [1.82, 2.24) is 29.1 Å². The lowest BCUT2D eigenvalue weighted by Crippen LogP contribution is -2.22. The van der Waals surface area contributed by atoms with Crippen LogP contribution in [0.2, 0.25) is 0 Å². The second-order valence-electron chi connectivity index (χ2n) is 8.92. The van der Waals surface area contributed by atoms with Crippen LogP contribution in [0.1, 0.15) is 42.4 Å². The number of carbonyl (C=O) groups excluding carboxylic acids is 1. The van der Waals surface area contributed by atoms with Crippen molar-refractivity contribution in [2.75, 3.05) is 7.11 Å². The average molecular weight is 522 g/mol. The van der Waals surface area contributed by atoms with Crippen LogP contribution in [-0.4, -0.2) is 42.1 Å². The third-order valence-electron chi connectivity index (χ3n) is 6.59. The van der Waals surface area contributed by atoms with Crippen molar-refractivity contribution in [2.24, 2.45) is 0 Å². The summed E-state index contributed by atoms with van der Waals surface area (Å²) in [5.74, 6) is 0.517. The highest BCUT2D eigenvalue weighted by Gasteiger charge is 2.16. The van der Waals surface area contributed by atoms with Crippen LogP contribution < -0.4 is 5.69 Å². The first kappa shape index (κ1) is 26.8. The second-order valence-corrected chi connectivity index (χ2v) is 8.92. The molecule has 1 N–H and O–H groups in total. The number of H-pyrrole nitrogens is 1. The number of fused-ring (bicyclic) bond motifs is 3. The summed E-state index contributed by atoms with van der Waals surface area (Å²) in [6, 6.07) is 16.0. The summed E-state index contributed by atoms with van der Waals surface area (Å²) in [6.07, 6.45) is 15.0. The van der Waals surface area contributed by atoms with E-state index in [0.29, 0.717) is 22.1 Å². The average Bonchev–Trinajstić information content (AvgIpc) is 3.54. The first-order valence-electron chi connectivity index (χ1n) is 12.3. The van der Waals surface area contributed by atoms with Crippen molar-refractivity contribution in [3.8, 4) is 24.9 Å². The van der Waals surface area contributed by atoms with Gasteiger partial charge in [0.15, 0.2) is 5.65 Å². The topological polar surface area (TPSA) is 131 Å². The number of nitriles is 1. The van der Waals surface area contributed by atoms with Crippen molar-refractivity contribution < 1.29 is 9.53 Å². The molecule has 0 saturated heterocycles. The molecule has 3 aromatic heterocycles.